The minimum atomic E-state index is -1.22. The van der Waals surface area contributed by atoms with E-state index in [-0.39, 0.29) is 11.3 Å². The second-order valence-electron chi connectivity index (χ2n) is 3.79. The van der Waals surface area contributed by atoms with Gasteiger partial charge in [-0.15, -0.1) is 0 Å². The second-order valence-corrected chi connectivity index (χ2v) is 3.79. The van der Waals surface area contributed by atoms with Crippen LogP contribution in [0.2, 0.25) is 0 Å². The fourth-order valence-corrected chi connectivity index (χ4v) is 1.71. The van der Waals surface area contributed by atoms with Crippen LogP contribution in [0.15, 0.2) is 54.6 Å². The van der Waals surface area contributed by atoms with Gasteiger partial charge >= 0.3 is 0 Å². The largest absolute Gasteiger partial charge is 0.411 e. The Morgan fingerprint density at radius 1 is 1.06 bits per heavy atom. The molecule has 0 bridgehead atoms. The van der Waals surface area contributed by atoms with Gasteiger partial charge in [0.25, 0.3) is 0 Å². The highest BCUT2D eigenvalue weighted by molar-refractivity contribution is 6.02. The summed E-state index contributed by atoms with van der Waals surface area (Å²) in [5.41, 5.74) is 0.797. The zero-order valence-electron chi connectivity index (χ0n) is 9.61. The van der Waals surface area contributed by atoms with Crippen molar-refractivity contribution in [3.63, 3.8) is 0 Å². The van der Waals surface area contributed by atoms with Crippen molar-refractivity contribution in [2.45, 2.75) is 6.10 Å². The van der Waals surface area contributed by atoms with E-state index in [1.165, 1.54) is 0 Å². The van der Waals surface area contributed by atoms with Gasteiger partial charge in [0.15, 0.2) is 11.5 Å². The van der Waals surface area contributed by atoms with E-state index in [1.807, 2.05) is 6.07 Å². The molecule has 0 saturated carbocycles. The number of rotatable bonds is 4. The van der Waals surface area contributed by atoms with Crippen LogP contribution in [-0.4, -0.2) is 10.9 Å². The molecular weight excluding hydrogens is 230 g/mol. The van der Waals surface area contributed by atoms with Crippen LogP contribution in [-0.2, 0) is 0 Å². The van der Waals surface area contributed by atoms with Gasteiger partial charge in [-0.05, 0) is 17.7 Å². The number of para-hydroxylation sites is 1. The molecular formula is C14H13NO3. The van der Waals surface area contributed by atoms with Gasteiger partial charge in [-0.1, -0.05) is 42.5 Å². The SMILES string of the molecule is NOc1ccccc1C(=O)C(O)c1ccccc1. The molecule has 0 fully saturated rings. The van der Waals surface area contributed by atoms with E-state index in [2.05, 4.69) is 4.84 Å². The number of carbonyl (C=O) groups excluding carboxylic acids is 1. The molecule has 92 valence electrons. The van der Waals surface area contributed by atoms with Crippen molar-refractivity contribution in [2.75, 3.05) is 0 Å². The maximum atomic E-state index is 12.1. The molecule has 4 heteroatoms. The Bertz CT molecular complexity index is 540. The van der Waals surface area contributed by atoms with E-state index in [4.69, 9.17) is 5.90 Å². The first-order valence-electron chi connectivity index (χ1n) is 5.47. The maximum Gasteiger partial charge on any atom is 0.199 e. The quantitative estimate of drug-likeness (QED) is 0.635. The zero-order chi connectivity index (χ0) is 13.0. The van der Waals surface area contributed by atoms with Crippen molar-refractivity contribution < 1.29 is 14.7 Å². The molecule has 1 atom stereocenters. The maximum absolute atomic E-state index is 12.1. The molecule has 2 rings (SSSR count). The van der Waals surface area contributed by atoms with Gasteiger partial charge in [0.1, 0.15) is 6.10 Å². The predicted molar refractivity (Wildman–Crippen MR) is 67.0 cm³/mol. The van der Waals surface area contributed by atoms with E-state index >= 15 is 0 Å². The van der Waals surface area contributed by atoms with Crippen molar-refractivity contribution in [2.24, 2.45) is 5.90 Å². The summed E-state index contributed by atoms with van der Waals surface area (Å²) in [6.45, 7) is 0. The number of Topliss-reactive ketones (excluding diaryl/α,β-unsaturated/α-hetero) is 1. The lowest BCUT2D eigenvalue weighted by Crippen LogP contribution is -2.15. The zero-order valence-corrected chi connectivity index (χ0v) is 9.61. The van der Waals surface area contributed by atoms with Crippen molar-refractivity contribution in [3.05, 3.63) is 65.7 Å². The summed E-state index contributed by atoms with van der Waals surface area (Å²) in [5, 5.41) is 10.0. The number of aliphatic hydroxyl groups is 1. The summed E-state index contributed by atoms with van der Waals surface area (Å²) in [7, 11) is 0. The Hall–Kier alpha value is -2.17. The fourth-order valence-electron chi connectivity index (χ4n) is 1.71. The monoisotopic (exact) mass is 243 g/mol. The molecule has 0 aromatic heterocycles. The van der Waals surface area contributed by atoms with Crippen molar-refractivity contribution in [1.82, 2.24) is 0 Å². The summed E-state index contributed by atoms with van der Waals surface area (Å²) in [4.78, 5) is 16.8. The predicted octanol–water partition coefficient (Wildman–Crippen LogP) is 1.86. The van der Waals surface area contributed by atoms with Gasteiger partial charge in [-0.25, -0.2) is 0 Å². The Morgan fingerprint density at radius 2 is 1.67 bits per heavy atom. The van der Waals surface area contributed by atoms with Crippen LogP contribution < -0.4 is 10.7 Å². The normalized spacial score (nSPS) is 11.9. The van der Waals surface area contributed by atoms with Crippen LogP contribution in [0.4, 0.5) is 0 Å². The third-order valence-corrected chi connectivity index (χ3v) is 2.64. The second kappa shape index (κ2) is 5.44. The fraction of sp³-hybridized carbons (Fsp3) is 0.0714. The molecule has 3 N–H and O–H groups in total. The number of nitrogens with two attached hydrogens (primary N) is 1. The molecule has 0 saturated heterocycles. The van der Waals surface area contributed by atoms with E-state index in [9.17, 15) is 9.90 Å². The van der Waals surface area contributed by atoms with Gasteiger partial charge in [0.05, 0.1) is 5.56 Å². The molecule has 0 amide bonds. The van der Waals surface area contributed by atoms with E-state index in [1.54, 1.807) is 48.5 Å². The number of aliphatic hydroxyl groups excluding tert-OH is 1. The third-order valence-electron chi connectivity index (χ3n) is 2.64. The van der Waals surface area contributed by atoms with Gasteiger partial charge in [-0.2, -0.15) is 5.90 Å². The first-order chi connectivity index (χ1) is 8.74. The topological polar surface area (TPSA) is 72.5 Å². The smallest absolute Gasteiger partial charge is 0.199 e. The number of hydrogen-bond donors (Lipinski definition) is 2. The van der Waals surface area contributed by atoms with Crippen LogP contribution in [0.3, 0.4) is 0 Å². The molecule has 0 heterocycles. The third kappa shape index (κ3) is 2.40. The van der Waals surface area contributed by atoms with Gasteiger partial charge in [-0.3, -0.25) is 4.79 Å². The highest BCUT2D eigenvalue weighted by Crippen LogP contribution is 2.24. The Kier molecular flexibility index (Phi) is 3.72. The molecule has 0 aliphatic heterocycles. The summed E-state index contributed by atoms with van der Waals surface area (Å²) < 4.78 is 0. The van der Waals surface area contributed by atoms with Gasteiger partial charge in [0.2, 0.25) is 0 Å². The van der Waals surface area contributed by atoms with Crippen LogP contribution in [0.25, 0.3) is 0 Å². The molecule has 2 aromatic carbocycles. The van der Waals surface area contributed by atoms with E-state index in [0.29, 0.717) is 5.56 Å². The van der Waals surface area contributed by atoms with Crippen LogP contribution >= 0.6 is 0 Å². The highest BCUT2D eigenvalue weighted by Gasteiger charge is 2.21. The molecule has 4 nitrogen and oxygen atoms in total. The highest BCUT2D eigenvalue weighted by atomic mass is 16.6. The minimum Gasteiger partial charge on any atom is -0.411 e. The first-order valence-corrected chi connectivity index (χ1v) is 5.47. The standard InChI is InChI=1S/C14H13NO3/c15-18-12-9-5-4-8-11(12)14(17)13(16)10-6-2-1-3-7-10/h1-9,13,16H,15H2. The lowest BCUT2D eigenvalue weighted by molar-refractivity contribution is 0.0743. The summed E-state index contributed by atoms with van der Waals surface area (Å²) in [6, 6.07) is 15.2. The van der Waals surface area contributed by atoms with Crippen molar-refractivity contribution in [1.29, 1.82) is 0 Å². The summed E-state index contributed by atoms with van der Waals surface area (Å²) in [5.74, 6) is 4.90. The van der Waals surface area contributed by atoms with E-state index in [0.717, 1.165) is 0 Å². The van der Waals surface area contributed by atoms with Gasteiger partial charge in [0, 0.05) is 0 Å². The molecule has 0 aliphatic rings. The minimum absolute atomic E-state index is 0.248. The molecule has 0 spiro atoms. The Morgan fingerprint density at radius 3 is 2.33 bits per heavy atom. The lowest BCUT2D eigenvalue weighted by Gasteiger charge is -2.12. The summed E-state index contributed by atoms with van der Waals surface area (Å²) >= 11 is 0. The van der Waals surface area contributed by atoms with Crippen LogP contribution in [0.5, 0.6) is 5.75 Å². The lowest BCUT2D eigenvalue weighted by atomic mass is 9.99. The number of carbonyl (C=O) groups is 1. The average molecular weight is 243 g/mol. The molecule has 2 aromatic rings. The molecule has 1 unspecified atom stereocenters. The molecule has 0 radical (unpaired) electrons. The van der Waals surface area contributed by atoms with Crippen LogP contribution in [0, 0.1) is 0 Å². The average Bonchev–Trinajstić information content (AvgIpc) is 2.46. The number of ketones is 1. The first kappa shape index (κ1) is 12.3. The van der Waals surface area contributed by atoms with Gasteiger partial charge < -0.3 is 9.94 Å². The number of hydrogen-bond acceptors (Lipinski definition) is 4. The Balaban J connectivity index is 2.32. The van der Waals surface area contributed by atoms with Crippen molar-refractivity contribution >= 4 is 5.78 Å². The van der Waals surface area contributed by atoms with E-state index < -0.39 is 11.9 Å². The van der Waals surface area contributed by atoms with Crippen molar-refractivity contribution in [3.8, 4) is 5.75 Å². The Labute approximate surface area is 105 Å². The number of benzene rings is 2. The molecule has 0 aliphatic carbocycles. The summed E-state index contributed by atoms with van der Waals surface area (Å²) in [6.07, 6.45) is -1.22. The van der Waals surface area contributed by atoms with Crippen LogP contribution in [0.1, 0.15) is 22.0 Å². The molecule has 18 heavy (non-hydrogen) atoms.